The summed E-state index contributed by atoms with van der Waals surface area (Å²) in [5, 5.41) is 0. The summed E-state index contributed by atoms with van der Waals surface area (Å²) >= 11 is 5.49. The zero-order valence-electron chi connectivity index (χ0n) is 22.9. The molecular weight excluding hydrogens is 933 g/mol. The van der Waals surface area contributed by atoms with E-state index in [0.29, 0.717) is 12.8 Å². The molecule has 4 rings (SSSR count). The smallest absolute Gasteiger partial charge is 0.348 e. The molecule has 0 unspecified atom stereocenters. The third kappa shape index (κ3) is 8.70. The van der Waals surface area contributed by atoms with Crippen molar-refractivity contribution in [3.8, 4) is 17.2 Å². The van der Waals surface area contributed by atoms with Gasteiger partial charge in [-0.3, -0.25) is 4.55 Å². The van der Waals surface area contributed by atoms with Crippen LogP contribution in [0.1, 0.15) is 52.8 Å². The van der Waals surface area contributed by atoms with E-state index in [2.05, 4.69) is 29.2 Å². The summed E-state index contributed by atoms with van der Waals surface area (Å²) in [6, 6.07) is 13.4. The van der Waals surface area contributed by atoms with E-state index in [4.69, 9.17) is 18.9 Å². The summed E-state index contributed by atoms with van der Waals surface area (Å²) in [5.41, 5.74) is -1.31. The topological polar surface area (TPSA) is 142 Å². The molecule has 0 amide bonds. The van der Waals surface area contributed by atoms with Gasteiger partial charge in [0.05, 0.1) is 5.56 Å². The van der Waals surface area contributed by atoms with Crippen LogP contribution in [0.3, 0.4) is 0 Å². The number of halogens is 3. The van der Waals surface area contributed by atoms with Gasteiger partial charge >= 0.3 is 17.9 Å². The normalized spacial score (nSPS) is 14.3. The highest BCUT2D eigenvalue weighted by atomic mass is 127. The highest BCUT2D eigenvalue weighted by Gasteiger charge is 2.33. The van der Waals surface area contributed by atoms with E-state index >= 15 is 0 Å². The fourth-order valence-electron chi connectivity index (χ4n) is 4.59. The number of carbonyl (C=O) groups excluding carboxylic acids is 3. The van der Waals surface area contributed by atoms with Crippen LogP contribution in [-0.4, -0.2) is 43.1 Å². The molecule has 1 saturated carbocycles. The van der Waals surface area contributed by atoms with Crippen molar-refractivity contribution >= 4 is 95.8 Å². The molecule has 1 aliphatic rings. The van der Waals surface area contributed by atoms with Gasteiger partial charge < -0.3 is 18.9 Å². The molecule has 14 heteroatoms. The first kappa shape index (κ1) is 34.6. The third-order valence-electron chi connectivity index (χ3n) is 6.65. The first-order valence-corrected chi connectivity index (χ1v) is 17.8. The van der Waals surface area contributed by atoms with Crippen molar-refractivity contribution in [2.75, 3.05) is 6.61 Å². The van der Waals surface area contributed by atoms with E-state index in [1.165, 1.54) is 30.3 Å². The van der Waals surface area contributed by atoms with Gasteiger partial charge in [-0.25, -0.2) is 14.4 Å². The average molecular weight is 958 g/mol. The second-order valence-corrected chi connectivity index (χ2v) is 14.6. The highest BCUT2D eigenvalue weighted by molar-refractivity contribution is 14.1. The standard InChI is InChI=1S/C30H25I3O10S/c1-2-30(13-4-3-5-14-30)43-25(34)17-40-24-8-6-7-21(28(35)41-19-11-9-18(31)10-12-19)26(24)29(36)42-20-15-22(32)27(23(33)16-20)44(37,38)39/h2,6-12,15-16H,1,3-5,13-14,17H2,(H,37,38,39). The molecule has 0 bridgehead atoms. The Bertz CT molecular complexity index is 1680. The molecule has 0 aromatic heterocycles. The van der Waals surface area contributed by atoms with Crippen LogP contribution >= 0.6 is 67.8 Å². The molecule has 0 radical (unpaired) electrons. The second kappa shape index (κ2) is 14.9. The molecule has 0 spiro atoms. The minimum Gasteiger partial charge on any atom is -0.481 e. The number of ether oxygens (including phenoxy) is 4. The van der Waals surface area contributed by atoms with Crippen molar-refractivity contribution < 1.29 is 46.3 Å². The Morgan fingerprint density at radius 1 is 0.886 bits per heavy atom. The fourth-order valence-corrected chi connectivity index (χ4v) is 8.94. The van der Waals surface area contributed by atoms with Gasteiger partial charge in [0.15, 0.2) is 6.61 Å². The molecule has 1 aliphatic carbocycles. The predicted molar refractivity (Wildman–Crippen MR) is 185 cm³/mol. The Morgan fingerprint density at radius 2 is 1.50 bits per heavy atom. The maximum absolute atomic E-state index is 13.6. The van der Waals surface area contributed by atoms with E-state index in [1.807, 2.05) is 0 Å². The van der Waals surface area contributed by atoms with Gasteiger partial charge in [-0.2, -0.15) is 8.42 Å². The summed E-state index contributed by atoms with van der Waals surface area (Å²) in [6.07, 6.45) is 5.75. The average Bonchev–Trinajstić information content (AvgIpc) is 2.96. The molecular formula is C30H25I3O10S. The number of carbonyl (C=O) groups is 3. The van der Waals surface area contributed by atoms with E-state index in [1.54, 1.807) is 75.5 Å². The minimum atomic E-state index is -4.54. The largest absolute Gasteiger partial charge is 0.481 e. The summed E-state index contributed by atoms with van der Waals surface area (Å²) < 4.78 is 56.7. The molecule has 232 valence electrons. The lowest BCUT2D eigenvalue weighted by Crippen LogP contribution is -2.36. The van der Waals surface area contributed by atoms with Crippen LogP contribution in [0.4, 0.5) is 0 Å². The van der Waals surface area contributed by atoms with Crippen LogP contribution in [0.5, 0.6) is 17.2 Å². The van der Waals surface area contributed by atoms with Gasteiger partial charge in [0.25, 0.3) is 10.1 Å². The predicted octanol–water partition coefficient (Wildman–Crippen LogP) is 7.00. The van der Waals surface area contributed by atoms with Gasteiger partial charge in [0.1, 0.15) is 33.3 Å². The van der Waals surface area contributed by atoms with Crippen LogP contribution in [0.2, 0.25) is 0 Å². The minimum absolute atomic E-state index is 0.0624. The summed E-state index contributed by atoms with van der Waals surface area (Å²) in [5.74, 6) is -2.57. The monoisotopic (exact) mass is 958 g/mol. The lowest BCUT2D eigenvalue weighted by molar-refractivity contribution is -0.160. The Labute approximate surface area is 295 Å². The van der Waals surface area contributed by atoms with Crippen molar-refractivity contribution in [2.45, 2.75) is 42.6 Å². The highest BCUT2D eigenvalue weighted by Crippen LogP contribution is 2.34. The van der Waals surface area contributed by atoms with E-state index < -0.39 is 40.2 Å². The zero-order chi connectivity index (χ0) is 32.1. The van der Waals surface area contributed by atoms with Crippen LogP contribution in [-0.2, 0) is 19.6 Å². The Kier molecular flexibility index (Phi) is 11.7. The number of benzene rings is 3. The van der Waals surface area contributed by atoms with E-state index in [9.17, 15) is 27.4 Å². The summed E-state index contributed by atoms with van der Waals surface area (Å²) in [6.45, 7) is 3.26. The first-order valence-electron chi connectivity index (χ1n) is 13.1. The summed E-state index contributed by atoms with van der Waals surface area (Å²) in [7, 11) is -4.54. The van der Waals surface area contributed by atoms with Crippen LogP contribution in [0.25, 0.3) is 0 Å². The van der Waals surface area contributed by atoms with Gasteiger partial charge in [-0.15, -0.1) is 0 Å². The van der Waals surface area contributed by atoms with Gasteiger partial charge in [-0.1, -0.05) is 19.1 Å². The molecule has 44 heavy (non-hydrogen) atoms. The molecule has 1 fully saturated rings. The lowest BCUT2D eigenvalue weighted by atomic mass is 9.85. The van der Waals surface area contributed by atoms with Crippen LogP contribution in [0.15, 0.2) is 72.1 Å². The number of rotatable bonds is 10. The maximum Gasteiger partial charge on any atom is 0.348 e. The SMILES string of the molecule is C=CC1(OC(=O)COc2cccc(C(=O)Oc3ccc(I)cc3)c2C(=O)Oc2cc(I)c(S(=O)(=O)O)c(I)c2)CCCCC1. The maximum atomic E-state index is 13.6. The van der Waals surface area contributed by atoms with Crippen molar-refractivity contribution in [1.82, 2.24) is 0 Å². The van der Waals surface area contributed by atoms with Crippen molar-refractivity contribution in [3.05, 3.63) is 89.1 Å². The first-order chi connectivity index (χ1) is 20.8. The quantitative estimate of drug-likeness (QED) is 0.0743. The Balaban J connectivity index is 1.65. The number of hydrogen-bond acceptors (Lipinski definition) is 9. The van der Waals surface area contributed by atoms with Crippen molar-refractivity contribution in [3.63, 3.8) is 0 Å². The van der Waals surface area contributed by atoms with E-state index in [-0.39, 0.29) is 40.4 Å². The van der Waals surface area contributed by atoms with Crippen molar-refractivity contribution in [1.29, 1.82) is 0 Å². The lowest BCUT2D eigenvalue weighted by Gasteiger charge is -2.33. The van der Waals surface area contributed by atoms with Gasteiger partial charge in [0, 0.05) is 10.7 Å². The third-order valence-corrected chi connectivity index (χ3v) is 10.8. The molecule has 0 heterocycles. The Hall–Kier alpha value is -2.29. The molecule has 0 aliphatic heterocycles. The number of esters is 3. The molecule has 0 atom stereocenters. The molecule has 10 nitrogen and oxygen atoms in total. The fraction of sp³-hybridized carbons (Fsp3) is 0.233. The van der Waals surface area contributed by atoms with Crippen LogP contribution in [0, 0.1) is 10.7 Å². The van der Waals surface area contributed by atoms with Gasteiger partial charge in [-0.05, 0) is 148 Å². The summed E-state index contributed by atoms with van der Waals surface area (Å²) in [4.78, 5) is 39.4. The van der Waals surface area contributed by atoms with Crippen LogP contribution < -0.4 is 14.2 Å². The molecule has 1 N–H and O–H groups in total. The molecule has 0 saturated heterocycles. The zero-order valence-corrected chi connectivity index (χ0v) is 30.2. The van der Waals surface area contributed by atoms with Gasteiger partial charge in [0.2, 0.25) is 0 Å². The van der Waals surface area contributed by atoms with E-state index in [0.717, 1.165) is 22.8 Å². The second-order valence-electron chi connectivity index (χ2n) is 9.70. The Morgan fingerprint density at radius 3 is 2.09 bits per heavy atom. The molecule has 3 aromatic rings. The number of hydrogen-bond donors (Lipinski definition) is 1. The van der Waals surface area contributed by atoms with Crippen molar-refractivity contribution in [2.24, 2.45) is 0 Å². The molecule has 3 aromatic carbocycles.